The molecule has 1 amide bonds. The van der Waals surface area contributed by atoms with E-state index in [0.29, 0.717) is 5.82 Å². The fraction of sp³-hybridized carbons (Fsp3) is 0.294. The summed E-state index contributed by atoms with van der Waals surface area (Å²) in [6.07, 6.45) is 3.17. The molecule has 0 aliphatic heterocycles. The smallest absolute Gasteiger partial charge is 0.413 e. The summed E-state index contributed by atoms with van der Waals surface area (Å²) in [5.74, 6) is 0.453. The van der Waals surface area contributed by atoms with Gasteiger partial charge in [-0.3, -0.25) is 5.32 Å². The van der Waals surface area contributed by atoms with Gasteiger partial charge in [-0.25, -0.2) is 9.78 Å². The van der Waals surface area contributed by atoms with Crippen molar-refractivity contribution in [1.82, 2.24) is 4.98 Å². The number of nitrogens with one attached hydrogen (secondary N) is 1. The highest BCUT2D eigenvalue weighted by Gasteiger charge is 2.16. The average Bonchev–Trinajstić information content (AvgIpc) is 2.45. The zero-order valence-corrected chi connectivity index (χ0v) is 14.0. The number of aromatic nitrogens is 1. The Kier molecular flexibility index (Phi) is 5.08. The number of anilines is 1. The van der Waals surface area contributed by atoms with E-state index in [1.165, 1.54) is 0 Å². The molecule has 1 N–H and O–H groups in total. The molecule has 0 fully saturated rings. The van der Waals surface area contributed by atoms with Crippen LogP contribution >= 0.6 is 11.8 Å². The SMILES string of the molecule is CSc1cc[c]c(-c2ccnc(NC(=O)OC(C)(C)C)c2)c1. The minimum absolute atomic E-state index is 0.453. The molecule has 0 unspecified atom stereocenters. The van der Waals surface area contributed by atoms with Crippen LogP contribution in [0.3, 0.4) is 0 Å². The van der Waals surface area contributed by atoms with E-state index in [1.807, 2.05) is 45.2 Å². The summed E-state index contributed by atoms with van der Waals surface area (Å²) < 4.78 is 5.22. The molecule has 0 aliphatic carbocycles. The van der Waals surface area contributed by atoms with Gasteiger partial charge in [-0.05, 0) is 68.5 Å². The Morgan fingerprint density at radius 1 is 1.32 bits per heavy atom. The van der Waals surface area contributed by atoms with Crippen LogP contribution in [0, 0.1) is 6.07 Å². The number of carbonyl (C=O) groups is 1. The van der Waals surface area contributed by atoms with E-state index < -0.39 is 11.7 Å². The standard InChI is InChI=1S/C17H19N2O2S/c1-17(2,3)21-16(20)19-15-11-13(8-9-18-15)12-6-5-7-14(10-12)22-4/h5,7-11H,1-4H3,(H,18,19,20). The molecule has 1 radical (unpaired) electrons. The number of thioether (sulfide) groups is 1. The Hall–Kier alpha value is -2.01. The molecular weight excluding hydrogens is 296 g/mol. The highest BCUT2D eigenvalue weighted by molar-refractivity contribution is 7.98. The molecule has 0 spiro atoms. The van der Waals surface area contributed by atoms with E-state index in [-0.39, 0.29) is 0 Å². The van der Waals surface area contributed by atoms with E-state index in [4.69, 9.17) is 4.74 Å². The third-order valence-corrected chi connectivity index (χ3v) is 3.43. The van der Waals surface area contributed by atoms with Crippen molar-refractivity contribution >= 4 is 23.7 Å². The van der Waals surface area contributed by atoms with Gasteiger partial charge in [-0.2, -0.15) is 0 Å². The monoisotopic (exact) mass is 315 g/mol. The Labute approximate surface area is 135 Å². The summed E-state index contributed by atoms with van der Waals surface area (Å²) in [7, 11) is 0. The van der Waals surface area contributed by atoms with Gasteiger partial charge in [0.15, 0.2) is 0 Å². The van der Waals surface area contributed by atoms with Crippen LogP contribution in [0.15, 0.2) is 41.4 Å². The van der Waals surface area contributed by atoms with Crippen LogP contribution in [0.25, 0.3) is 11.1 Å². The lowest BCUT2D eigenvalue weighted by Crippen LogP contribution is -2.27. The molecule has 4 nitrogen and oxygen atoms in total. The summed E-state index contributed by atoms with van der Waals surface area (Å²) in [4.78, 5) is 17.1. The van der Waals surface area contributed by atoms with Crippen molar-refractivity contribution in [3.8, 4) is 11.1 Å². The number of pyridine rings is 1. The second kappa shape index (κ2) is 6.83. The largest absolute Gasteiger partial charge is 0.444 e. The number of hydrogen-bond acceptors (Lipinski definition) is 4. The summed E-state index contributed by atoms with van der Waals surface area (Å²) in [6.45, 7) is 5.46. The lowest BCUT2D eigenvalue weighted by Gasteiger charge is -2.19. The predicted molar refractivity (Wildman–Crippen MR) is 90.1 cm³/mol. The van der Waals surface area contributed by atoms with E-state index in [9.17, 15) is 4.79 Å². The van der Waals surface area contributed by atoms with Gasteiger partial charge in [0.05, 0.1) is 0 Å². The van der Waals surface area contributed by atoms with Gasteiger partial charge in [0.25, 0.3) is 0 Å². The summed E-state index contributed by atoms with van der Waals surface area (Å²) in [6, 6.07) is 12.8. The van der Waals surface area contributed by atoms with Gasteiger partial charge >= 0.3 is 6.09 Å². The zero-order chi connectivity index (χ0) is 16.2. The third-order valence-electron chi connectivity index (χ3n) is 2.71. The molecule has 0 bridgehead atoms. The van der Waals surface area contributed by atoms with Gasteiger partial charge in [-0.15, -0.1) is 11.8 Å². The number of nitrogens with zero attached hydrogens (tertiary/aromatic N) is 1. The highest BCUT2D eigenvalue weighted by atomic mass is 32.2. The number of benzene rings is 1. The van der Waals surface area contributed by atoms with Crippen LogP contribution in [0.2, 0.25) is 0 Å². The van der Waals surface area contributed by atoms with Crippen molar-refractivity contribution in [3.63, 3.8) is 0 Å². The van der Waals surface area contributed by atoms with Crippen molar-refractivity contribution in [2.45, 2.75) is 31.3 Å². The molecule has 5 heteroatoms. The van der Waals surface area contributed by atoms with Gasteiger partial charge in [0, 0.05) is 11.1 Å². The van der Waals surface area contributed by atoms with Crippen molar-refractivity contribution in [2.75, 3.05) is 11.6 Å². The van der Waals surface area contributed by atoms with Gasteiger partial charge in [0.2, 0.25) is 0 Å². The van der Waals surface area contributed by atoms with E-state index in [1.54, 1.807) is 24.0 Å². The molecule has 1 aromatic heterocycles. The Morgan fingerprint density at radius 2 is 2.09 bits per heavy atom. The maximum absolute atomic E-state index is 11.8. The number of amides is 1. The average molecular weight is 315 g/mol. The first-order valence-corrected chi connectivity index (χ1v) is 8.12. The van der Waals surface area contributed by atoms with E-state index in [0.717, 1.165) is 16.0 Å². The van der Waals surface area contributed by atoms with Crippen molar-refractivity contribution < 1.29 is 9.53 Å². The van der Waals surface area contributed by atoms with E-state index >= 15 is 0 Å². The van der Waals surface area contributed by atoms with Crippen molar-refractivity contribution in [2.24, 2.45) is 0 Å². The maximum Gasteiger partial charge on any atom is 0.413 e. The Morgan fingerprint density at radius 3 is 2.77 bits per heavy atom. The van der Waals surface area contributed by atoms with Crippen molar-refractivity contribution in [1.29, 1.82) is 0 Å². The summed E-state index contributed by atoms with van der Waals surface area (Å²) >= 11 is 1.67. The molecule has 1 aromatic carbocycles. The maximum atomic E-state index is 11.8. The van der Waals surface area contributed by atoms with Crippen LogP contribution in [0.1, 0.15) is 20.8 Å². The van der Waals surface area contributed by atoms with Crippen molar-refractivity contribution in [3.05, 3.63) is 42.6 Å². The fourth-order valence-electron chi connectivity index (χ4n) is 1.81. The second-order valence-electron chi connectivity index (χ2n) is 5.70. The number of carbonyl (C=O) groups excluding carboxylic acids is 1. The molecule has 115 valence electrons. The minimum atomic E-state index is -0.540. The number of hydrogen-bond donors (Lipinski definition) is 1. The predicted octanol–water partition coefficient (Wildman–Crippen LogP) is 4.62. The van der Waals surface area contributed by atoms with Crippen LogP contribution in [0.5, 0.6) is 0 Å². The Balaban J connectivity index is 2.18. The van der Waals surface area contributed by atoms with Crippen LogP contribution in [-0.2, 0) is 4.74 Å². The first-order chi connectivity index (χ1) is 10.4. The third kappa shape index (κ3) is 4.77. The van der Waals surface area contributed by atoms with Crippen LogP contribution in [-0.4, -0.2) is 22.9 Å². The minimum Gasteiger partial charge on any atom is -0.444 e. The van der Waals surface area contributed by atoms with Crippen LogP contribution < -0.4 is 5.32 Å². The normalized spacial score (nSPS) is 11.1. The molecule has 2 rings (SSSR count). The van der Waals surface area contributed by atoms with Gasteiger partial charge < -0.3 is 4.74 Å². The fourth-order valence-corrected chi connectivity index (χ4v) is 2.25. The first-order valence-electron chi connectivity index (χ1n) is 6.89. The molecule has 0 aliphatic rings. The number of rotatable bonds is 3. The second-order valence-corrected chi connectivity index (χ2v) is 6.58. The van der Waals surface area contributed by atoms with Gasteiger partial charge in [-0.1, -0.05) is 6.07 Å². The quantitative estimate of drug-likeness (QED) is 0.840. The molecule has 0 saturated carbocycles. The molecule has 0 saturated heterocycles. The lowest BCUT2D eigenvalue weighted by molar-refractivity contribution is 0.0635. The Bertz CT molecular complexity index is 666. The molecule has 1 heterocycles. The molecule has 2 aromatic rings. The highest BCUT2D eigenvalue weighted by Crippen LogP contribution is 2.25. The summed E-state index contributed by atoms with van der Waals surface area (Å²) in [5, 5.41) is 2.65. The lowest BCUT2D eigenvalue weighted by atomic mass is 10.1. The molecule has 22 heavy (non-hydrogen) atoms. The molecular formula is C17H19N2O2S. The summed E-state index contributed by atoms with van der Waals surface area (Å²) in [5.41, 5.74) is 1.36. The van der Waals surface area contributed by atoms with Gasteiger partial charge in [0.1, 0.15) is 11.4 Å². The number of ether oxygens (including phenoxy) is 1. The topological polar surface area (TPSA) is 51.2 Å². The molecule has 0 atom stereocenters. The van der Waals surface area contributed by atoms with E-state index in [2.05, 4.69) is 22.4 Å². The first kappa shape index (κ1) is 16.4. The zero-order valence-electron chi connectivity index (χ0n) is 13.1. The van der Waals surface area contributed by atoms with Crippen LogP contribution in [0.4, 0.5) is 10.6 Å².